The molecule has 7 nitrogen and oxygen atoms in total. The van der Waals surface area contributed by atoms with Gasteiger partial charge in [-0.25, -0.2) is 22.7 Å². The molecule has 0 aliphatic rings. The Morgan fingerprint density at radius 2 is 2.08 bits per heavy atom. The van der Waals surface area contributed by atoms with E-state index in [9.17, 15) is 22.4 Å². The molecule has 1 atom stereocenters. The van der Waals surface area contributed by atoms with Crippen molar-refractivity contribution in [2.75, 3.05) is 6.61 Å². The van der Waals surface area contributed by atoms with Gasteiger partial charge >= 0.3 is 5.97 Å². The number of ether oxygens (including phenoxy) is 1. The van der Waals surface area contributed by atoms with Crippen molar-refractivity contribution in [1.82, 2.24) is 5.32 Å². The summed E-state index contributed by atoms with van der Waals surface area (Å²) in [5.74, 6) is -2.72. The SMILES string of the molecule is C[C@@H](NC(=O)COC(=O)c1cc(S(N)(=O)=O)ccc1F)c1cccs1. The summed E-state index contributed by atoms with van der Waals surface area (Å²) in [5.41, 5.74) is -0.620. The Hall–Kier alpha value is -2.30. The largest absolute Gasteiger partial charge is 0.452 e. The molecule has 1 aromatic carbocycles. The average Bonchev–Trinajstić information content (AvgIpc) is 3.06. The second-order valence-electron chi connectivity index (χ2n) is 5.07. The van der Waals surface area contributed by atoms with Crippen molar-refractivity contribution in [3.05, 3.63) is 52.0 Å². The van der Waals surface area contributed by atoms with E-state index in [4.69, 9.17) is 9.88 Å². The Morgan fingerprint density at radius 3 is 2.68 bits per heavy atom. The van der Waals surface area contributed by atoms with Crippen LogP contribution >= 0.6 is 11.3 Å². The smallest absolute Gasteiger partial charge is 0.341 e. The van der Waals surface area contributed by atoms with E-state index in [1.807, 2.05) is 17.5 Å². The molecule has 0 saturated heterocycles. The molecule has 1 amide bonds. The first kappa shape index (κ1) is 19.0. The van der Waals surface area contributed by atoms with E-state index in [-0.39, 0.29) is 6.04 Å². The summed E-state index contributed by atoms with van der Waals surface area (Å²) in [5, 5.41) is 9.42. The van der Waals surface area contributed by atoms with E-state index in [1.165, 1.54) is 11.3 Å². The summed E-state index contributed by atoms with van der Waals surface area (Å²) in [6.07, 6.45) is 0. The molecular formula is C15H15FN2O5S2. The number of hydrogen-bond acceptors (Lipinski definition) is 6. The van der Waals surface area contributed by atoms with Gasteiger partial charge in [-0.15, -0.1) is 11.3 Å². The molecular weight excluding hydrogens is 371 g/mol. The molecule has 0 aliphatic carbocycles. The van der Waals surface area contributed by atoms with Gasteiger partial charge in [0.05, 0.1) is 16.5 Å². The minimum Gasteiger partial charge on any atom is -0.452 e. The molecule has 0 unspecified atom stereocenters. The second kappa shape index (κ2) is 7.72. The van der Waals surface area contributed by atoms with Gasteiger partial charge < -0.3 is 10.1 Å². The lowest BCUT2D eigenvalue weighted by Gasteiger charge is -2.12. The van der Waals surface area contributed by atoms with Crippen LogP contribution in [0.25, 0.3) is 0 Å². The highest BCUT2D eigenvalue weighted by molar-refractivity contribution is 7.89. The van der Waals surface area contributed by atoms with Gasteiger partial charge in [0.2, 0.25) is 10.0 Å². The van der Waals surface area contributed by atoms with E-state index in [2.05, 4.69) is 5.32 Å². The van der Waals surface area contributed by atoms with Crippen LogP contribution in [0.4, 0.5) is 4.39 Å². The summed E-state index contributed by atoms with van der Waals surface area (Å²) >= 11 is 1.46. The van der Waals surface area contributed by atoms with E-state index in [0.29, 0.717) is 0 Å². The fourth-order valence-electron chi connectivity index (χ4n) is 1.94. The van der Waals surface area contributed by atoms with Crippen LogP contribution < -0.4 is 10.5 Å². The van der Waals surface area contributed by atoms with Crippen molar-refractivity contribution < 1.29 is 27.1 Å². The molecule has 0 spiro atoms. The van der Waals surface area contributed by atoms with Gasteiger partial charge in [0.1, 0.15) is 5.82 Å². The first-order valence-corrected chi connectivity index (χ1v) is 9.43. The molecule has 1 aromatic heterocycles. The van der Waals surface area contributed by atoms with E-state index in [1.54, 1.807) is 6.92 Å². The number of carbonyl (C=O) groups is 2. The van der Waals surface area contributed by atoms with E-state index in [0.717, 1.165) is 23.1 Å². The van der Waals surface area contributed by atoms with Gasteiger partial charge in [-0.3, -0.25) is 4.79 Å². The zero-order chi connectivity index (χ0) is 18.6. The number of halogens is 1. The number of sulfonamides is 1. The van der Waals surface area contributed by atoms with Crippen LogP contribution in [0.2, 0.25) is 0 Å². The maximum Gasteiger partial charge on any atom is 0.341 e. The molecule has 2 rings (SSSR count). The van der Waals surface area contributed by atoms with Crippen molar-refractivity contribution in [2.24, 2.45) is 5.14 Å². The molecule has 3 N–H and O–H groups in total. The predicted molar refractivity (Wildman–Crippen MR) is 88.9 cm³/mol. The maximum atomic E-state index is 13.7. The minimum absolute atomic E-state index is 0.270. The van der Waals surface area contributed by atoms with E-state index >= 15 is 0 Å². The van der Waals surface area contributed by atoms with Crippen LogP contribution in [-0.4, -0.2) is 26.9 Å². The lowest BCUT2D eigenvalue weighted by atomic mass is 10.2. The summed E-state index contributed by atoms with van der Waals surface area (Å²) in [6, 6.07) is 5.89. The molecule has 2 aromatic rings. The Bertz CT molecular complexity index is 881. The van der Waals surface area contributed by atoms with Crippen molar-refractivity contribution >= 4 is 33.2 Å². The molecule has 10 heteroatoms. The number of benzene rings is 1. The summed E-state index contributed by atoms with van der Waals surface area (Å²) < 4.78 is 40.9. The topological polar surface area (TPSA) is 116 Å². The van der Waals surface area contributed by atoms with Gasteiger partial charge in [-0.2, -0.15) is 0 Å². The highest BCUT2D eigenvalue weighted by Gasteiger charge is 2.19. The highest BCUT2D eigenvalue weighted by Crippen LogP contribution is 2.18. The Morgan fingerprint density at radius 1 is 1.36 bits per heavy atom. The molecule has 0 fully saturated rings. The van der Waals surface area contributed by atoms with Crippen molar-refractivity contribution in [1.29, 1.82) is 0 Å². The van der Waals surface area contributed by atoms with Gasteiger partial charge in [0.15, 0.2) is 6.61 Å². The molecule has 134 valence electrons. The summed E-state index contributed by atoms with van der Waals surface area (Å²) in [4.78, 5) is 24.2. The fourth-order valence-corrected chi connectivity index (χ4v) is 3.21. The van der Waals surface area contributed by atoms with Gasteiger partial charge in [0.25, 0.3) is 5.91 Å². The first-order valence-electron chi connectivity index (χ1n) is 7.00. The van der Waals surface area contributed by atoms with Crippen LogP contribution in [0.15, 0.2) is 40.6 Å². The van der Waals surface area contributed by atoms with Crippen molar-refractivity contribution in [3.63, 3.8) is 0 Å². The number of nitrogens with one attached hydrogen (secondary N) is 1. The number of primary sulfonamides is 1. The standard InChI is InChI=1S/C15H15FN2O5S2/c1-9(13-3-2-6-24-13)18-14(19)8-23-15(20)11-7-10(25(17,21)22)4-5-12(11)16/h2-7,9H,8H2,1H3,(H,18,19)(H2,17,21,22)/t9-/m1/s1. The normalized spacial score (nSPS) is 12.4. The number of rotatable bonds is 6. The molecule has 1 heterocycles. The zero-order valence-corrected chi connectivity index (χ0v) is 14.7. The number of thiophene rings is 1. The number of hydrogen-bond donors (Lipinski definition) is 2. The highest BCUT2D eigenvalue weighted by atomic mass is 32.2. The summed E-state index contributed by atoms with van der Waals surface area (Å²) in [7, 11) is -4.10. The maximum absolute atomic E-state index is 13.7. The third-order valence-electron chi connectivity index (χ3n) is 3.17. The Balaban J connectivity index is 1.99. The molecule has 0 bridgehead atoms. The van der Waals surface area contributed by atoms with Crippen LogP contribution in [0.1, 0.15) is 28.2 Å². The van der Waals surface area contributed by atoms with Crippen LogP contribution in [0.3, 0.4) is 0 Å². The number of nitrogens with two attached hydrogens (primary N) is 1. The van der Waals surface area contributed by atoms with Gasteiger partial charge in [0, 0.05) is 4.88 Å². The lowest BCUT2D eigenvalue weighted by molar-refractivity contribution is -0.124. The first-order chi connectivity index (χ1) is 11.7. The lowest BCUT2D eigenvalue weighted by Crippen LogP contribution is -2.31. The Labute approximate surface area is 147 Å². The molecule has 0 radical (unpaired) electrons. The fraction of sp³-hybridized carbons (Fsp3) is 0.200. The molecule has 0 saturated carbocycles. The van der Waals surface area contributed by atoms with Gasteiger partial charge in [-0.05, 0) is 36.6 Å². The summed E-state index contributed by atoms with van der Waals surface area (Å²) in [6.45, 7) is 1.13. The van der Waals surface area contributed by atoms with Crippen LogP contribution in [0.5, 0.6) is 0 Å². The molecule has 0 aliphatic heterocycles. The third-order valence-corrected chi connectivity index (χ3v) is 5.13. The van der Waals surface area contributed by atoms with Gasteiger partial charge in [-0.1, -0.05) is 6.07 Å². The monoisotopic (exact) mass is 386 g/mol. The number of carbonyl (C=O) groups excluding carboxylic acids is 2. The quantitative estimate of drug-likeness (QED) is 0.731. The molecule has 25 heavy (non-hydrogen) atoms. The van der Waals surface area contributed by atoms with Crippen LogP contribution in [0, 0.1) is 5.82 Å². The van der Waals surface area contributed by atoms with E-state index < -0.39 is 44.8 Å². The number of amides is 1. The van der Waals surface area contributed by atoms with Crippen molar-refractivity contribution in [2.45, 2.75) is 17.9 Å². The average molecular weight is 386 g/mol. The predicted octanol–water partition coefficient (Wildman–Crippen LogP) is 1.57. The second-order valence-corrected chi connectivity index (χ2v) is 7.61. The van der Waals surface area contributed by atoms with Crippen LogP contribution in [-0.2, 0) is 19.6 Å². The van der Waals surface area contributed by atoms with Crippen molar-refractivity contribution in [3.8, 4) is 0 Å². The minimum atomic E-state index is -4.10. The number of esters is 1. The zero-order valence-electron chi connectivity index (χ0n) is 13.1. The Kier molecular flexibility index (Phi) is 5.88. The third kappa shape index (κ3) is 5.08.